The van der Waals surface area contributed by atoms with Crippen molar-refractivity contribution in [3.63, 3.8) is 0 Å². The summed E-state index contributed by atoms with van der Waals surface area (Å²) in [7, 11) is 0. The Balaban J connectivity index is 2.92. The maximum Gasteiger partial charge on any atom is 0.137 e. The van der Waals surface area contributed by atoms with Crippen molar-refractivity contribution in [3.05, 3.63) is 28.8 Å². The van der Waals surface area contributed by atoms with Gasteiger partial charge in [0.25, 0.3) is 0 Å². The van der Waals surface area contributed by atoms with Gasteiger partial charge in [0.2, 0.25) is 0 Å². The Morgan fingerprint density at radius 1 is 1.54 bits per heavy atom. The van der Waals surface area contributed by atoms with E-state index in [-0.39, 0.29) is 6.04 Å². The predicted octanol–water partition coefficient (Wildman–Crippen LogP) is 2.76. The first kappa shape index (κ1) is 10.4. The van der Waals surface area contributed by atoms with E-state index in [0.717, 1.165) is 5.56 Å². The van der Waals surface area contributed by atoms with Gasteiger partial charge in [-0.25, -0.2) is 0 Å². The molecule has 0 aromatic heterocycles. The van der Waals surface area contributed by atoms with Crippen molar-refractivity contribution in [3.8, 4) is 5.75 Å². The van der Waals surface area contributed by atoms with E-state index in [0.29, 0.717) is 17.4 Å². The number of nitrogens with two attached hydrogens (primary N) is 1. The molecule has 1 aromatic rings. The quantitative estimate of drug-likeness (QED) is 0.813. The highest BCUT2D eigenvalue weighted by Gasteiger charge is 2.04. The Morgan fingerprint density at radius 3 is 2.69 bits per heavy atom. The summed E-state index contributed by atoms with van der Waals surface area (Å²) in [6.45, 7) is 4.47. The van der Waals surface area contributed by atoms with E-state index in [2.05, 4.69) is 0 Å². The SMILES string of the molecule is CCOc1ccc([C@H](C)N)cc1Cl. The highest BCUT2D eigenvalue weighted by molar-refractivity contribution is 6.32. The number of ether oxygens (including phenoxy) is 1. The van der Waals surface area contributed by atoms with Crippen LogP contribution in [-0.4, -0.2) is 6.61 Å². The molecule has 72 valence electrons. The van der Waals surface area contributed by atoms with E-state index in [9.17, 15) is 0 Å². The van der Waals surface area contributed by atoms with Gasteiger partial charge in [-0.05, 0) is 31.5 Å². The number of halogens is 1. The van der Waals surface area contributed by atoms with Crippen molar-refractivity contribution in [1.29, 1.82) is 0 Å². The maximum atomic E-state index is 5.97. The Labute approximate surface area is 83.6 Å². The lowest BCUT2D eigenvalue weighted by Crippen LogP contribution is -2.04. The molecule has 0 heterocycles. The molecule has 3 heteroatoms. The summed E-state index contributed by atoms with van der Waals surface area (Å²) in [4.78, 5) is 0. The molecule has 13 heavy (non-hydrogen) atoms. The third kappa shape index (κ3) is 2.61. The predicted molar refractivity (Wildman–Crippen MR) is 55.2 cm³/mol. The molecule has 0 aliphatic rings. The lowest BCUT2D eigenvalue weighted by atomic mass is 10.1. The lowest BCUT2D eigenvalue weighted by molar-refractivity contribution is 0.340. The van der Waals surface area contributed by atoms with Gasteiger partial charge in [0.05, 0.1) is 11.6 Å². The molecule has 0 saturated carbocycles. The first-order chi connectivity index (χ1) is 6.15. The Bertz CT molecular complexity index is 286. The largest absolute Gasteiger partial charge is 0.492 e. The fourth-order valence-electron chi connectivity index (χ4n) is 1.07. The molecule has 2 nitrogen and oxygen atoms in total. The van der Waals surface area contributed by atoms with Crippen molar-refractivity contribution >= 4 is 11.6 Å². The van der Waals surface area contributed by atoms with Gasteiger partial charge in [0.1, 0.15) is 5.75 Å². The molecule has 2 N–H and O–H groups in total. The van der Waals surface area contributed by atoms with Gasteiger partial charge in [-0.15, -0.1) is 0 Å². The highest BCUT2D eigenvalue weighted by atomic mass is 35.5. The van der Waals surface area contributed by atoms with Crippen molar-refractivity contribution < 1.29 is 4.74 Å². The van der Waals surface area contributed by atoms with Crippen molar-refractivity contribution in [2.45, 2.75) is 19.9 Å². The third-order valence-corrected chi connectivity index (χ3v) is 2.08. The van der Waals surface area contributed by atoms with Crippen LogP contribution in [0.4, 0.5) is 0 Å². The highest BCUT2D eigenvalue weighted by Crippen LogP contribution is 2.27. The summed E-state index contributed by atoms with van der Waals surface area (Å²) in [5.41, 5.74) is 6.73. The molecule has 1 atom stereocenters. The number of hydrogen-bond donors (Lipinski definition) is 1. The molecule has 0 amide bonds. The van der Waals surface area contributed by atoms with E-state index in [1.165, 1.54) is 0 Å². The molecular formula is C10H14ClNO. The van der Waals surface area contributed by atoms with Crippen molar-refractivity contribution in [1.82, 2.24) is 0 Å². The Morgan fingerprint density at radius 2 is 2.23 bits per heavy atom. The Hall–Kier alpha value is -0.730. The van der Waals surface area contributed by atoms with Gasteiger partial charge in [0.15, 0.2) is 0 Å². The van der Waals surface area contributed by atoms with Crippen molar-refractivity contribution in [2.24, 2.45) is 5.73 Å². The van der Waals surface area contributed by atoms with E-state index < -0.39 is 0 Å². The monoisotopic (exact) mass is 199 g/mol. The fraction of sp³-hybridized carbons (Fsp3) is 0.400. The van der Waals surface area contributed by atoms with E-state index in [1.807, 2.05) is 32.0 Å². The van der Waals surface area contributed by atoms with Crippen LogP contribution in [-0.2, 0) is 0 Å². The van der Waals surface area contributed by atoms with Gasteiger partial charge >= 0.3 is 0 Å². The molecule has 0 spiro atoms. The summed E-state index contributed by atoms with van der Waals surface area (Å²) in [5.74, 6) is 0.716. The summed E-state index contributed by atoms with van der Waals surface area (Å²) in [5, 5.41) is 0.622. The van der Waals surface area contributed by atoms with Gasteiger partial charge in [0, 0.05) is 6.04 Å². The molecule has 1 rings (SSSR count). The minimum absolute atomic E-state index is 0.00757. The fourth-order valence-corrected chi connectivity index (χ4v) is 1.32. The Kier molecular flexibility index (Phi) is 3.58. The van der Waals surface area contributed by atoms with Crippen LogP contribution in [0.2, 0.25) is 5.02 Å². The van der Waals surface area contributed by atoms with Crippen LogP contribution in [0, 0.1) is 0 Å². The zero-order chi connectivity index (χ0) is 9.84. The normalized spacial score (nSPS) is 12.6. The molecule has 0 saturated heterocycles. The number of hydrogen-bond acceptors (Lipinski definition) is 2. The van der Waals surface area contributed by atoms with Crippen molar-refractivity contribution in [2.75, 3.05) is 6.61 Å². The van der Waals surface area contributed by atoms with Gasteiger partial charge in [-0.3, -0.25) is 0 Å². The van der Waals surface area contributed by atoms with Gasteiger partial charge in [-0.1, -0.05) is 17.7 Å². The van der Waals surface area contributed by atoms with E-state index >= 15 is 0 Å². The zero-order valence-electron chi connectivity index (χ0n) is 7.88. The van der Waals surface area contributed by atoms with Crippen LogP contribution < -0.4 is 10.5 Å². The molecule has 1 aromatic carbocycles. The molecule has 0 aliphatic carbocycles. The van der Waals surface area contributed by atoms with Gasteiger partial charge < -0.3 is 10.5 Å². The smallest absolute Gasteiger partial charge is 0.137 e. The summed E-state index contributed by atoms with van der Waals surface area (Å²) in [6.07, 6.45) is 0. The lowest BCUT2D eigenvalue weighted by Gasteiger charge is -2.09. The van der Waals surface area contributed by atoms with Gasteiger partial charge in [-0.2, -0.15) is 0 Å². The second kappa shape index (κ2) is 4.49. The molecule has 0 aliphatic heterocycles. The molecule has 0 bridgehead atoms. The summed E-state index contributed by atoms with van der Waals surface area (Å²) in [6, 6.07) is 5.64. The average molecular weight is 200 g/mol. The first-order valence-corrected chi connectivity index (χ1v) is 4.70. The van der Waals surface area contributed by atoms with Crippen LogP contribution in [0.5, 0.6) is 5.75 Å². The second-order valence-electron chi connectivity index (χ2n) is 2.91. The maximum absolute atomic E-state index is 5.97. The van der Waals surface area contributed by atoms with Crippen LogP contribution >= 0.6 is 11.6 Å². The molecule has 0 fully saturated rings. The zero-order valence-corrected chi connectivity index (χ0v) is 8.64. The number of benzene rings is 1. The summed E-state index contributed by atoms with van der Waals surface area (Å²) < 4.78 is 5.30. The minimum atomic E-state index is 0.00757. The van der Waals surface area contributed by atoms with Crippen LogP contribution in [0.25, 0.3) is 0 Å². The van der Waals surface area contributed by atoms with Crippen LogP contribution in [0.15, 0.2) is 18.2 Å². The van der Waals surface area contributed by atoms with Crippen LogP contribution in [0.1, 0.15) is 25.5 Å². The topological polar surface area (TPSA) is 35.2 Å². The molecule has 0 radical (unpaired) electrons. The second-order valence-corrected chi connectivity index (χ2v) is 3.32. The number of rotatable bonds is 3. The molecular weight excluding hydrogens is 186 g/mol. The van der Waals surface area contributed by atoms with Crippen LogP contribution in [0.3, 0.4) is 0 Å². The van der Waals surface area contributed by atoms with E-state index in [4.69, 9.17) is 22.1 Å². The summed E-state index contributed by atoms with van der Waals surface area (Å²) >= 11 is 5.97. The average Bonchev–Trinajstić information content (AvgIpc) is 2.08. The first-order valence-electron chi connectivity index (χ1n) is 4.33. The standard InChI is InChI=1S/C10H14ClNO/c1-3-13-10-5-4-8(7(2)12)6-9(10)11/h4-7H,3,12H2,1-2H3/t7-/m0/s1. The van der Waals surface area contributed by atoms with E-state index in [1.54, 1.807) is 0 Å². The molecule has 0 unspecified atom stereocenters. The third-order valence-electron chi connectivity index (χ3n) is 1.78. The minimum Gasteiger partial charge on any atom is -0.492 e.